The van der Waals surface area contributed by atoms with Crippen molar-refractivity contribution in [3.63, 3.8) is 0 Å². The van der Waals surface area contributed by atoms with Gasteiger partial charge in [0, 0.05) is 17.8 Å². The zero-order chi connectivity index (χ0) is 13.5. The average molecular weight is 262 g/mol. The van der Waals surface area contributed by atoms with Gasteiger partial charge in [-0.15, -0.1) is 0 Å². The summed E-state index contributed by atoms with van der Waals surface area (Å²) in [5, 5.41) is 3.65. The molecule has 1 saturated heterocycles. The van der Waals surface area contributed by atoms with Crippen molar-refractivity contribution in [2.75, 3.05) is 32.1 Å². The maximum atomic E-state index is 5.68. The third kappa shape index (κ3) is 4.75. The Morgan fingerprint density at radius 3 is 3.05 bits per heavy atom. The van der Waals surface area contributed by atoms with Crippen LogP contribution in [-0.4, -0.2) is 37.7 Å². The monoisotopic (exact) mass is 262 g/mol. The molecule has 1 fully saturated rings. The molecule has 0 aromatic heterocycles. The van der Waals surface area contributed by atoms with E-state index in [1.165, 1.54) is 38.0 Å². The van der Waals surface area contributed by atoms with E-state index in [0.29, 0.717) is 6.04 Å². The van der Waals surface area contributed by atoms with Gasteiger partial charge in [-0.1, -0.05) is 13.0 Å². The van der Waals surface area contributed by atoms with Crippen LogP contribution in [-0.2, 0) is 0 Å². The minimum Gasteiger partial charge on any atom is -0.494 e. The fourth-order valence-corrected chi connectivity index (χ4v) is 2.52. The highest BCUT2D eigenvalue weighted by molar-refractivity contribution is 5.48. The summed E-state index contributed by atoms with van der Waals surface area (Å²) in [5.74, 6) is 0.970. The Balaban J connectivity index is 1.90. The minimum absolute atomic E-state index is 0.589. The first-order chi connectivity index (χ1) is 9.28. The maximum absolute atomic E-state index is 5.68. The second kappa shape index (κ2) is 7.39. The summed E-state index contributed by atoms with van der Waals surface area (Å²) in [4.78, 5) is 2.42. The molecule has 0 saturated carbocycles. The van der Waals surface area contributed by atoms with Gasteiger partial charge in [-0.25, -0.2) is 0 Å². The van der Waals surface area contributed by atoms with Gasteiger partial charge in [0.25, 0.3) is 0 Å². The van der Waals surface area contributed by atoms with E-state index in [0.717, 1.165) is 18.8 Å². The van der Waals surface area contributed by atoms with Gasteiger partial charge in [0.05, 0.1) is 6.61 Å². The van der Waals surface area contributed by atoms with E-state index < -0.39 is 0 Å². The van der Waals surface area contributed by atoms with Gasteiger partial charge in [0.15, 0.2) is 0 Å². The molecule has 0 amide bonds. The number of ether oxygens (including phenoxy) is 1. The lowest BCUT2D eigenvalue weighted by atomic mass is 10.1. The second-order valence-electron chi connectivity index (χ2n) is 5.45. The first kappa shape index (κ1) is 14.2. The van der Waals surface area contributed by atoms with Gasteiger partial charge in [-0.05, 0) is 58.0 Å². The Morgan fingerprint density at radius 2 is 2.21 bits per heavy atom. The summed E-state index contributed by atoms with van der Waals surface area (Å²) in [6.45, 7) is 5.32. The third-order valence-corrected chi connectivity index (χ3v) is 3.63. The maximum Gasteiger partial charge on any atom is 0.121 e. The highest BCUT2D eigenvalue weighted by Gasteiger charge is 2.14. The van der Waals surface area contributed by atoms with Gasteiger partial charge < -0.3 is 15.0 Å². The standard InChI is InChI=1S/C16H26N2O/c1-3-12-19-16-8-4-6-15(13-16)17-14-7-5-10-18(2)11-9-14/h4,6,8,13-14,17H,3,5,7,9-12H2,1-2H3. The smallest absolute Gasteiger partial charge is 0.121 e. The molecule has 1 atom stereocenters. The van der Waals surface area contributed by atoms with Crippen molar-refractivity contribution in [1.29, 1.82) is 0 Å². The number of likely N-dealkylation sites (tertiary alicyclic amines) is 1. The molecule has 0 aliphatic carbocycles. The third-order valence-electron chi connectivity index (χ3n) is 3.63. The average Bonchev–Trinajstić information content (AvgIpc) is 2.62. The molecule has 1 aliphatic rings. The number of hydrogen-bond acceptors (Lipinski definition) is 3. The van der Waals surface area contributed by atoms with Gasteiger partial charge in [-0.3, -0.25) is 0 Å². The first-order valence-corrected chi connectivity index (χ1v) is 7.46. The molecule has 1 unspecified atom stereocenters. The quantitative estimate of drug-likeness (QED) is 0.880. The summed E-state index contributed by atoms with van der Waals surface area (Å²) in [6.07, 6.45) is 4.80. The van der Waals surface area contributed by atoms with Gasteiger partial charge in [0.1, 0.15) is 5.75 Å². The van der Waals surface area contributed by atoms with Gasteiger partial charge in [-0.2, -0.15) is 0 Å². The zero-order valence-corrected chi connectivity index (χ0v) is 12.2. The largest absolute Gasteiger partial charge is 0.494 e. The SMILES string of the molecule is CCCOc1cccc(NC2CCCN(C)CC2)c1. The number of nitrogens with one attached hydrogen (secondary N) is 1. The van der Waals surface area contributed by atoms with Crippen LogP contribution in [0.4, 0.5) is 5.69 Å². The lowest BCUT2D eigenvalue weighted by molar-refractivity contribution is 0.317. The Labute approximate surface area is 116 Å². The number of hydrogen-bond donors (Lipinski definition) is 1. The minimum atomic E-state index is 0.589. The van der Waals surface area contributed by atoms with E-state index in [1.54, 1.807) is 0 Å². The molecule has 1 aromatic rings. The van der Waals surface area contributed by atoms with E-state index in [2.05, 4.69) is 42.4 Å². The van der Waals surface area contributed by atoms with Crippen LogP contribution in [0, 0.1) is 0 Å². The predicted molar refractivity (Wildman–Crippen MR) is 81.0 cm³/mol. The molecular weight excluding hydrogens is 236 g/mol. The highest BCUT2D eigenvalue weighted by atomic mass is 16.5. The van der Waals surface area contributed by atoms with Gasteiger partial charge >= 0.3 is 0 Å². The Bertz CT molecular complexity index is 381. The van der Waals surface area contributed by atoms with E-state index in [9.17, 15) is 0 Å². The van der Waals surface area contributed by atoms with Crippen molar-refractivity contribution in [1.82, 2.24) is 4.90 Å². The molecule has 2 rings (SSSR count). The highest BCUT2D eigenvalue weighted by Crippen LogP contribution is 2.21. The molecule has 3 nitrogen and oxygen atoms in total. The number of rotatable bonds is 5. The van der Waals surface area contributed by atoms with E-state index in [4.69, 9.17) is 4.74 Å². The van der Waals surface area contributed by atoms with Crippen LogP contribution < -0.4 is 10.1 Å². The van der Waals surface area contributed by atoms with Crippen molar-refractivity contribution < 1.29 is 4.74 Å². The molecule has 0 spiro atoms. The van der Waals surface area contributed by atoms with Crippen molar-refractivity contribution in [2.24, 2.45) is 0 Å². The van der Waals surface area contributed by atoms with Crippen molar-refractivity contribution in [3.05, 3.63) is 24.3 Å². The lowest BCUT2D eigenvalue weighted by Crippen LogP contribution is -2.22. The van der Waals surface area contributed by atoms with Gasteiger partial charge in [0.2, 0.25) is 0 Å². The molecule has 0 bridgehead atoms. The van der Waals surface area contributed by atoms with Crippen LogP contribution in [0.1, 0.15) is 32.6 Å². The summed E-state index contributed by atoms with van der Waals surface area (Å²) in [5.41, 5.74) is 1.18. The summed E-state index contributed by atoms with van der Waals surface area (Å²) in [6, 6.07) is 8.93. The second-order valence-corrected chi connectivity index (χ2v) is 5.45. The molecule has 106 valence electrons. The van der Waals surface area contributed by atoms with E-state index in [1.807, 2.05) is 6.07 Å². The Morgan fingerprint density at radius 1 is 1.32 bits per heavy atom. The zero-order valence-electron chi connectivity index (χ0n) is 12.2. The number of anilines is 1. The van der Waals surface area contributed by atoms with Crippen LogP contribution in [0.3, 0.4) is 0 Å². The van der Waals surface area contributed by atoms with Crippen LogP contribution in [0.15, 0.2) is 24.3 Å². The number of benzene rings is 1. The molecule has 1 heterocycles. The van der Waals surface area contributed by atoms with Crippen LogP contribution in [0.25, 0.3) is 0 Å². The fraction of sp³-hybridized carbons (Fsp3) is 0.625. The van der Waals surface area contributed by atoms with E-state index >= 15 is 0 Å². The van der Waals surface area contributed by atoms with Crippen LogP contribution in [0.2, 0.25) is 0 Å². The van der Waals surface area contributed by atoms with Crippen LogP contribution in [0.5, 0.6) is 5.75 Å². The van der Waals surface area contributed by atoms with Crippen molar-refractivity contribution in [2.45, 2.75) is 38.6 Å². The summed E-state index contributed by atoms with van der Waals surface area (Å²) < 4.78 is 5.68. The Hall–Kier alpha value is -1.22. The molecule has 19 heavy (non-hydrogen) atoms. The Kier molecular flexibility index (Phi) is 5.52. The molecule has 1 aromatic carbocycles. The van der Waals surface area contributed by atoms with Crippen molar-refractivity contribution in [3.8, 4) is 5.75 Å². The number of nitrogens with zero attached hydrogens (tertiary/aromatic N) is 1. The van der Waals surface area contributed by atoms with E-state index in [-0.39, 0.29) is 0 Å². The molecule has 3 heteroatoms. The van der Waals surface area contributed by atoms with Crippen molar-refractivity contribution >= 4 is 5.69 Å². The lowest BCUT2D eigenvalue weighted by Gasteiger charge is -2.18. The molecule has 1 N–H and O–H groups in total. The molecular formula is C16H26N2O. The topological polar surface area (TPSA) is 24.5 Å². The fourth-order valence-electron chi connectivity index (χ4n) is 2.52. The molecule has 0 radical (unpaired) electrons. The molecule has 1 aliphatic heterocycles. The van der Waals surface area contributed by atoms with Crippen LogP contribution >= 0.6 is 0 Å². The summed E-state index contributed by atoms with van der Waals surface area (Å²) >= 11 is 0. The first-order valence-electron chi connectivity index (χ1n) is 7.46. The predicted octanol–water partition coefficient (Wildman–Crippen LogP) is 3.37. The summed E-state index contributed by atoms with van der Waals surface area (Å²) in [7, 11) is 2.21. The normalized spacial score (nSPS) is 20.8.